The fraction of sp³-hybridized carbons (Fsp3) is 0.429. The molecule has 5 atom stereocenters. The highest BCUT2D eigenvalue weighted by molar-refractivity contribution is 6.11. The lowest BCUT2D eigenvalue weighted by atomic mass is 9.55. The van der Waals surface area contributed by atoms with E-state index < -0.39 is 10.7 Å². The minimum absolute atomic E-state index is 0.0286. The minimum Gasteiger partial charge on any atom is -0.493 e. The Balaban J connectivity index is 1.38. The predicted molar refractivity (Wildman–Crippen MR) is 163 cm³/mol. The highest BCUT2D eigenvalue weighted by Gasteiger charge is 2.56. The van der Waals surface area contributed by atoms with E-state index in [1.807, 2.05) is 6.07 Å². The fourth-order valence-corrected chi connectivity index (χ4v) is 8.21. The number of nitro benzene ring substituents is 1. The van der Waals surface area contributed by atoms with E-state index in [1.165, 1.54) is 30.7 Å². The number of benzene rings is 3. The molecule has 2 saturated carbocycles. The summed E-state index contributed by atoms with van der Waals surface area (Å²) >= 11 is 0. The largest absolute Gasteiger partial charge is 0.493 e. The molecule has 44 heavy (non-hydrogen) atoms. The monoisotopic (exact) mass is 599 g/mol. The summed E-state index contributed by atoms with van der Waals surface area (Å²) in [6, 6.07) is 14.7. The van der Waals surface area contributed by atoms with E-state index in [-0.39, 0.29) is 34.5 Å². The van der Waals surface area contributed by atoms with E-state index in [0.717, 1.165) is 44.1 Å². The third-order valence-corrected chi connectivity index (χ3v) is 10.2. The van der Waals surface area contributed by atoms with Crippen molar-refractivity contribution in [2.45, 2.75) is 64.4 Å². The van der Waals surface area contributed by atoms with Crippen molar-refractivity contribution in [1.82, 2.24) is 0 Å². The fourth-order valence-electron chi connectivity index (χ4n) is 8.21. The van der Waals surface area contributed by atoms with Crippen LogP contribution in [0.1, 0.15) is 78.9 Å². The quantitative estimate of drug-likeness (QED) is 0.114. The maximum Gasteiger partial charge on any atom is 0.302 e. The summed E-state index contributed by atoms with van der Waals surface area (Å²) in [5.74, 6) is 2.13. The standard InChI is InChI=1S/C35H37NO8/c1-20(37)43-31-15-13-28-24-11-12-25-26(23(24)16-17-35(28,31)2)19-30(41-3)34(33(25)42-4)44-29-14-10-22(36(39)40)18-27(29)32(38)21-8-6-5-7-9-21/h5-10,14,18-19,23-24,28,31H,11-13,15-17H2,1-4H3. The van der Waals surface area contributed by atoms with Crippen LogP contribution in [0.5, 0.6) is 23.0 Å². The third kappa shape index (κ3) is 4.98. The third-order valence-electron chi connectivity index (χ3n) is 10.2. The Morgan fingerprint density at radius 2 is 1.70 bits per heavy atom. The van der Waals surface area contributed by atoms with Gasteiger partial charge in [0.25, 0.3) is 5.69 Å². The number of non-ortho nitro benzene ring substituents is 1. The molecule has 3 aromatic carbocycles. The Hall–Kier alpha value is -4.40. The van der Waals surface area contributed by atoms with Crippen LogP contribution in [-0.4, -0.2) is 37.0 Å². The van der Waals surface area contributed by atoms with Gasteiger partial charge in [-0.2, -0.15) is 0 Å². The maximum absolute atomic E-state index is 13.5. The van der Waals surface area contributed by atoms with Crippen molar-refractivity contribution in [3.05, 3.63) is 87.0 Å². The molecular weight excluding hydrogens is 562 g/mol. The summed E-state index contributed by atoms with van der Waals surface area (Å²) in [5.41, 5.74) is 2.46. The van der Waals surface area contributed by atoms with Crippen LogP contribution in [-0.2, 0) is 16.0 Å². The van der Waals surface area contributed by atoms with E-state index in [9.17, 15) is 19.7 Å². The molecule has 0 aliphatic heterocycles. The van der Waals surface area contributed by atoms with Crippen LogP contribution in [0.15, 0.2) is 54.6 Å². The second kappa shape index (κ2) is 11.6. The molecule has 6 rings (SSSR count). The molecule has 3 aromatic rings. The van der Waals surface area contributed by atoms with Gasteiger partial charge in [0.15, 0.2) is 17.3 Å². The second-order valence-corrected chi connectivity index (χ2v) is 12.4. The maximum atomic E-state index is 13.5. The number of rotatable bonds is 8. The van der Waals surface area contributed by atoms with Crippen LogP contribution in [0.2, 0.25) is 0 Å². The van der Waals surface area contributed by atoms with Gasteiger partial charge in [-0.05, 0) is 74.0 Å². The molecule has 0 radical (unpaired) electrons. The molecule has 0 N–H and O–H groups in total. The van der Waals surface area contributed by atoms with Crippen molar-refractivity contribution in [2.24, 2.45) is 17.3 Å². The summed E-state index contributed by atoms with van der Waals surface area (Å²) in [6.45, 7) is 3.79. The van der Waals surface area contributed by atoms with E-state index in [0.29, 0.717) is 40.6 Å². The molecule has 230 valence electrons. The van der Waals surface area contributed by atoms with Crippen LogP contribution in [0.4, 0.5) is 5.69 Å². The van der Waals surface area contributed by atoms with Gasteiger partial charge in [-0.3, -0.25) is 19.7 Å². The molecule has 0 amide bonds. The van der Waals surface area contributed by atoms with Crippen LogP contribution in [0.3, 0.4) is 0 Å². The lowest BCUT2D eigenvalue weighted by Gasteiger charge is -2.50. The van der Waals surface area contributed by atoms with E-state index in [2.05, 4.69) is 6.92 Å². The van der Waals surface area contributed by atoms with Gasteiger partial charge in [-0.25, -0.2) is 0 Å². The second-order valence-electron chi connectivity index (χ2n) is 12.4. The number of carbonyl (C=O) groups is 2. The molecule has 0 spiro atoms. The van der Waals surface area contributed by atoms with Gasteiger partial charge < -0.3 is 18.9 Å². The Labute approximate surface area is 256 Å². The van der Waals surface area contributed by atoms with Gasteiger partial charge in [-0.1, -0.05) is 37.3 Å². The molecule has 5 unspecified atom stereocenters. The first-order valence-electron chi connectivity index (χ1n) is 15.2. The number of nitrogens with zero attached hydrogens (tertiary/aromatic N) is 1. The number of fused-ring (bicyclic) bond motifs is 5. The molecule has 0 bridgehead atoms. The number of hydrogen-bond acceptors (Lipinski definition) is 8. The van der Waals surface area contributed by atoms with E-state index in [1.54, 1.807) is 44.6 Å². The smallest absolute Gasteiger partial charge is 0.302 e. The average Bonchev–Trinajstić information content (AvgIpc) is 3.35. The Kier molecular flexibility index (Phi) is 7.82. The van der Waals surface area contributed by atoms with Crippen LogP contribution in [0, 0.1) is 27.4 Å². The molecule has 3 aliphatic rings. The topological polar surface area (TPSA) is 114 Å². The minimum atomic E-state index is -0.532. The Morgan fingerprint density at radius 1 is 0.932 bits per heavy atom. The summed E-state index contributed by atoms with van der Waals surface area (Å²) in [4.78, 5) is 36.4. The normalized spacial score (nSPS) is 25.2. The SMILES string of the molecule is COc1cc2c(c(OC)c1Oc1ccc([N+](=O)[O-])cc1C(=O)c1ccccc1)CCC1C2CCC2(C)C(OC(C)=O)CCC12. The Morgan fingerprint density at radius 3 is 2.39 bits per heavy atom. The lowest BCUT2D eigenvalue weighted by Crippen LogP contribution is -2.45. The van der Waals surface area contributed by atoms with Gasteiger partial charge in [0.2, 0.25) is 5.75 Å². The molecular formula is C35H37NO8. The van der Waals surface area contributed by atoms with Crippen molar-refractivity contribution in [2.75, 3.05) is 14.2 Å². The molecule has 0 heterocycles. The predicted octanol–water partition coefficient (Wildman–Crippen LogP) is 7.42. The van der Waals surface area contributed by atoms with Gasteiger partial charge in [0, 0.05) is 35.6 Å². The van der Waals surface area contributed by atoms with Gasteiger partial charge in [0.05, 0.1) is 24.7 Å². The first-order chi connectivity index (χ1) is 21.2. The summed E-state index contributed by atoms with van der Waals surface area (Å²) < 4.78 is 24.1. The van der Waals surface area contributed by atoms with Crippen LogP contribution < -0.4 is 14.2 Å². The number of carbonyl (C=O) groups excluding carboxylic acids is 2. The summed E-state index contributed by atoms with van der Waals surface area (Å²) in [5, 5.41) is 11.6. The zero-order valence-electron chi connectivity index (χ0n) is 25.5. The highest BCUT2D eigenvalue weighted by atomic mass is 16.6. The lowest BCUT2D eigenvalue weighted by molar-refractivity contribution is -0.384. The zero-order valence-corrected chi connectivity index (χ0v) is 25.5. The van der Waals surface area contributed by atoms with Crippen molar-refractivity contribution < 1.29 is 33.5 Å². The highest BCUT2D eigenvalue weighted by Crippen LogP contribution is 2.63. The average molecular weight is 600 g/mol. The summed E-state index contributed by atoms with van der Waals surface area (Å²) in [6.07, 6.45) is 5.58. The van der Waals surface area contributed by atoms with Gasteiger partial charge in [-0.15, -0.1) is 0 Å². The molecule has 9 nitrogen and oxygen atoms in total. The molecule has 0 aromatic heterocycles. The van der Waals surface area contributed by atoms with Crippen molar-refractivity contribution >= 4 is 17.4 Å². The van der Waals surface area contributed by atoms with Gasteiger partial charge in [0.1, 0.15) is 11.9 Å². The number of nitro groups is 1. The molecule has 2 fully saturated rings. The van der Waals surface area contributed by atoms with Crippen molar-refractivity contribution in [1.29, 1.82) is 0 Å². The van der Waals surface area contributed by atoms with Crippen molar-refractivity contribution in [3.63, 3.8) is 0 Å². The molecule has 0 saturated heterocycles. The van der Waals surface area contributed by atoms with Crippen molar-refractivity contribution in [3.8, 4) is 23.0 Å². The number of ketones is 1. The van der Waals surface area contributed by atoms with E-state index in [4.69, 9.17) is 18.9 Å². The summed E-state index contributed by atoms with van der Waals surface area (Å²) in [7, 11) is 3.16. The first kappa shape index (κ1) is 29.7. The van der Waals surface area contributed by atoms with Gasteiger partial charge >= 0.3 is 5.97 Å². The number of esters is 1. The van der Waals surface area contributed by atoms with E-state index >= 15 is 0 Å². The Bertz CT molecular complexity index is 1620. The molecule has 9 heteroatoms. The van der Waals surface area contributed by atoms with Crippen LogP contribution in [0.25, 0.3) is 0 Å². The number of hydrogen-bond donors (Lipinski definition) is 0. The van der Waals surface area contributed by atoms with Crippen LogP contribution >= 0.6 is 0 Å². The zero-order chi connectivity index (χ0) is 31.2. The number of methoxy groups -OCH3 is 2. The molecule has 3 aliphatic carbocycles. The first-order valence-corrected chi connectivity index (χ1v) is 15.2. The number of ether oxygens (including phenoxy) is 4.